The van der Waals surface area contributed by atoms with Gasteiger partial charge in [-0.3, -0.25) is 0 Å². The predicted molar refractivity (Wildman–Crippen MR) is 67.2 cm³/mol. The Morgan fingerprint density at radius 3 is 2.41 bits per heavy atom. The molecule has 2 aliphatic rings. The van der Waals surface area contributed by atoms with Crippen LogP contribution in [0.4, 0.5) is 0 Å². The van der Waals surface area contributed by atoms with Gasteiger partial charge in [0, 0.05) is 0 Å². The number of rotatable bonds is 0. The first-order valence-corrected chi connectivity index (χ1v) is 11.7. The van der Waals surface area contributed by atoms with Crippen molar-refractivity contribution < 1.29 is 22.8 Å². The van der Waals surface area contributed by atoms with Crippen molar-refractivity contribution in [2.45, 2.75) is 57.5 Å². The van der Waals surface area contributed by atoms with Gasteiger partial charge in [-0.25, -0.2) is 0 Å². The van der Waals surface area contributed by atoms with Crippen LogP contribution in [0.15, 0.2) is 0 Å². The van der Waals surface area contributed by atoms with Crippen LogP contribution in [-0.2, 0) is 17.7 Å². The molecule has 2 fully saturated rings. The molecule has 5 nitrogen and oxygen atoms in total. The van der Waals surface area contributed by atoms with Gasteiger partial charge >= 0.3 is 17.1 Å². The zero-order valence-electron chi connectivity index (χ0n) is 11.1. The van der Waals surface area contributed by atoms with Gasteiger partial charge in [0.25, 0.3) is 0 Å². The number of hydrogen-bond donors (Lipinski definition) is 1. The molecule has 2 saturated heterocycles. The van der Waals surface area contributed by atoms with E-state index in [2.05, 4.69) is 0 Å². The smallest absolute Gasteiger partial charge is 0.323 e. The standard InChI is InChI=1S/C10H22O5Si2/c1-7-9(11)10-8(13-7)6-12-16(2,3)15-17(4,5)14-10/h7-11H,6H2,1-5H3/t7?,8-,9?,10+/m1/s1. The average molecular weight is 278 g/mol. The summed E-state index contributed by atoms with van der Waals surface area (Å²) in [4.78, 5) is 0. The summed E-state index contributed by atoms with van der Waals surface area (Å²) in [6.07, 6.45) is -1.30. The minimum atomic E-state index is -2.27. The van der Waals surface area contributed by atoms with E-state index in [9.17, 15) is 5.11 Å². The van der Waals surface area contributed by atoms with Crippen LogP contribution in [-0.4, -0.2) is 53.3 Å². The second kappa shape index (κ2) is 4.41. The van der Waals surface area contributed by atoms with Gasteiger partial charge in [0.2, 0.25) is 0 Å². The Hall–Kier alpha value is 0.234. The monoisotopic (exact) mass is 278 g/mol. The molecule has 0 amide bonds. The van der Waals surface area contributed by atoms with E-state index in [1.165, 1.54) is 0 Å². The molecule has 0 radical (unpaired) electrons. The number of aliphatic hydroxyl groups excluding tert-OH is 1. The van der Waals surface area contributed by atoms with Crippen LogP contribution in [0.1, 0.15) is 6.92 Å². The molecule has 2 aliphatic heterocycles. The average Bonchev–Trinajstić information content (AvgIpc) is 2.39. The van der Waals surface area contributed by atoms with Gasteiger partial charge in [-0.2, -0.15) is 0 Å². The SMILES string of the molecule is CC1O[C@@H]2CO[Si](C)(C)O[Si](C)(C)O[C@@H]2C1O. The summed E-state index contributed by atoms with van der Waals surface area (Å²) in [7, 11) is -4.41. The summed E-state index contributed by atoms with van der Waals surface area (Å²) in [5, 5.41) is 10.0. The second-order valence-corrected chi connectivity index (χ2v) is 12.6. The van der Waals surface area contributed by atoms with Crippen molar-refractivity contribution in [3.05, 3.63) is 0 Å². The maximum Gasteiger partial charge on any atom is 0.323 e. The molecule has 0 aromatic heterocycles. The van der Waals surface area contributed by atoms with E-state index in [0.717, 1.165) is 0 Å². The van der Waals surface area contributed by atoms with Crippen LogP contribution in [0.2, 0.25) is 26.2 Å². The van der Waals surface area contributed by atoms with Crippen molar-refractivity contribution in [2.24, 2.45) is 0 Å². The molecule has 100 valence electrons. The third-order valence-electron chi connectivity index (χ3n) is 3.08. The summed E-state index contributed by atoms with van der Waals surface area (Å²) in [6.45, 7) is 10.3. The van der Waals surface area contributed by atoms with Gasteiger partial charge in [0.1, 0.15) is 18.3 Å². The van der Waals surface area contributed by atoms with Crippen molar-refractivity contribution in [1.82, 2.24) is 0 Å². The van der Waals surface area contributed by atoms with Gasteiger partial charge in [-0.05, 0) is 33.1 Å². The maximum atomic E-state index is 10.0. The van der Waals surface area contributed by atoms with E-state index in [4.69, 9.17) is 17.7 Å². The molecule has 2 heterocycles. The number of aliphatic hydroxyl groups is 1. The van der Waals surface area contributed by atoms with E-state index in [1.54, 1.807) is 0 Å². The minimum absolute atomic E-state index is 0.178. The summed E-state index contributed by atoms with van der Waals surface area (Å²) < 4.78 is 23.6. The van der Waals surface area contributed by atoms with E-state index in [-0.39, 0.29) is 18.3 Å². The van der Waals surface area contributed by atoms with Crippen LogP contribution in [0, 0.1) is 0 Å². The van der Waals surface area contributed by atoms with Crippen LogP contribution >= 0.6 is 0 Å². The fourth-order valence-electron chi connectivity index (χ4n) is 2.46. The molecular weight excluding hydrogens is 256 g/mol. The van der Waals surface area contributed by atoms with Crippen molar-refractivity contribution in [2.75, 3.05) is 6.61 Å². The van der Waals surface area contributed by atoms with Crippen molar-refractivity contribution in [1.29, 1.82) is 0 Å². The molecule has 2 rings (SSSR count). The maximum absolute atomic E-state index is 10.0. The predicted octanol–water partition coefficient (Wildman–Crippen LogP) is 0.970. The Balaban J connectivity index is 2.18. The van der Waals surface area contributed by atoms with Crippen molar-refractivity contribution >= 4 is 17.1 Å². The number of fused-ring (bicyclic) bond motifs is 1. The van der Waals surface area contributed by atoms with Crippen LogP contribution in [0.25, 0.3) is 0 Å². The molecule has 0 aliphatic carbocycles. The highest BCUT2D eigenvalue weighted by Crippen LogP contribution is 2.31. The fourth-order valence-corrected chi connectivity index (χ4v) is 9.13. The van der Waals surface area contributed by atoms with Crippen LogP contribution in [0.5, 0.6) is 0 Å². The third-order valence-corrected chi connectivity index (χ3v) is 8.71. The Kier molecular flexibility index (Phi) is 3.54. The molecule has 0 bridgehead atoms. The van der Waals surface area contributed by atoms with Gasteiger partial charge in [0.05, 0.1) is 12.7 Å². The molecule has 0 saturated carbocycles. The minimum Gasteiger partial charge on any atom is -0.415 e. The van der Waals surface area contributed by atoms with Gasteiger partial charge < -0.3 is 22.8 Å². The summed E-state index contributed by atoms with van der Waals surface area (Å²) in [5.74, 6) is 0. The lowest BCUT2D eigenvalue weighted by molar-refractivity contribution is -0.0282. The molecule has 17 heavy (non-hydrogen) atoms. The van der Waals surface area contributed by atoms with Crippen LogP contribution in [0.3, 0.4) is 0 Å². The Bertz CT molecular complexity index is 296. The summed E-state index contributed by atoms with van der Waals surface area (Å²) >= 11 is 0. The normalized spacial score (nSPS) is 44.8. The topological polar surface area (TPSA) is 57.2 Å². The summed E-state index contributed by atoms with van der Waals surface area (Å²) in [6, 6.07) is 0. The molecule has 0 aromatic rings. The van der Waals surface area contributed by atoms with Gasteiger partial charge in [0.15, 0.2) is 0 Å². The lowest BCUT2D eigenvalue weighted by Crippen LogP contribution is -2.56. The third kappa shape index (κ3) is 2.98. The number of ether oxygens (including phenoxy) is 1. The summed E-state index contributed by atoms with van der Waals surface area (Å²) in [5.41, 5.74) is 0. The molecule has 2 unspecified atom stereocenters. The lowest BCUT2D eigenvalue weighted by atomic mass is 10.1. The van der Waals surface area contributed by atoms with E-state index >= 15 is 0 Å². The highest BCUT2D eigenvalue weighted by molar-refractivity contribution is 6.78. The van der Waals surface area contributed by atoms with Crippen molar-refractivity contribution in [3.63, 3.8) is 0 Å². The Morgan fingerprint density at radius 1 is 1.12 bits per heavy atom. The van der Waals surface area contributed by atoms with E-state index in [1.807, 2.05) is 33.1 Å². The quantitative estimate of drug-likeness (QED) is 0.669. The van der Waals surface area contributed by atoms with Gasteiger partial charge in [-0.1, -0.05) is 0 Å². The largest absolute Gasteiger partial charge is 0.415 e. The first-order valence-electron chi connectivity index (χ1n) is 6.06. The zero-order chi connectivity index (χ0) is 12.8. The molecule has 0 aromatic carbocycles. The number of hydrogen-bond acceptors (Lipinski definition) is 5. The van der Waals surface area contributed by atoms with Gasteiger partial charge in [-0.15, -0.1) is 0 Å². The molecule has 0 spiro atoms. The van der Waals surface area contributed by atoms with Crippen LogP contribution < -0.4 is 0 Å². The fraction of sp³-hybridized carbons (Fsp3) is 1.00. The highest BCUT2D eigenvalue weighted by atomic mass is 28.5. The Labute approximate surface area is 105 Å². The molecule has 4 atom stereocenters. The van der Waals surface area contributed by atoms with E-state index < -0.39 is 23.2 Å². The second-order valence-electron chi connectivity index (χ2n) is 5.67. The first-order chi connectivity index (χ1) is 7.70. The highest BCUT2D eigenvalue weighted by Gasteiger charge is 2.50. The molecular formula is C10H22O5Si2. The molecule has 1 N–H and O–H groups in total. The Morgan fingerprint density at radius 2 is 1.76 bits per heavy atom. The zero-order valence-corrected chi connectivity index (χ0v) is 13.1. The van der Waals surface area contributed by atoms with Crippen molar-refractivity contribution in [3.8, 4) is 0 Å². The van der Waals surface area contributed by atoms with E-state index in [0.29, 0.717) is 6.61 Å². The molecule has 7 heteroatoms. The lowest BCUT2D eigenvalue weighted by Gasteiger charge is -2.39. The first kappa shape index (κ1) is 13.7.